The fourth-order valence-corrected chi connectivity index (χ4v) is 0.365. The quantitative estimate of drug-likeness (QED) is 0.487. The van der Waals surface area contributed by atoms with Gasteiger partial charge >= 0.3 is 0 Å². The fraction of sp³-hybridized carbons (Fsp3) is 0.333. The molecule has 0 aromatic heterocycles. The van der Waals surface area contributed by atoms with Gasteiger partial charge in [0.05, 0.1) is 0 Å². The minimum atomic E-state index is 0.790. The molecular formula is C6H9Cl. The van der Waals surface area contributed by atoms with Gasteiger partial charge in [0.15, 0.2) is 0 Å². The highest BCUT2D eigenvalue weighted by molar-refractivity contribution is 6.29. The molecule has 0 atom stereocenters. The van der Waals surface area contributed by atoms with Crippen LogP contribution >= 0.6 is 11.6 Å². The molecule has 0 saturated carbocycles. The predicted octanol–water partition coefficient (Wildman–Crippen LogP) is 2.71. The van der Waals surface area contributed by atoms with Crippen molar-refractivity contribution in [3.63, 3.8) is 0 Å². The van der Waals surface area contributed by atoms with Crippen LogP contribution in [0.2, 0.25) is 0 Å². The summed E-state index contributed by atoms with van der Waals surface area (Å²) in [5.41, 5.74) is 0. The first-order chi connectivity index (χ1) is 3.31. The van der Waals surface area contributed by atoms with E-state index >= 15 is 0 Å². The maximum Gasteiger partial charge on any atom is 0.0175 e. The van der Waals surface area contributed by atoms with Crippen LogP contribution in [0.15, 0.2) is 23.8 Å². The lowest BCUT2D eigenvalue weighted by Crippen LogP contribution is -1.61. The molecule has 7 heavy (non-hydrogen) atoms. The van der Waals surface area contributed by atoms with Crippen molar-refractivity contribution in [2.75, 3.05) is 0 Å². The fourth-order valence-electron chi connectivity index (χ4n) is 0.256. The van der Waals surface area contributed by atoms with E-state index in [9.17, 15) is 0 Å². The SMILES string of the molecule is C=CC/C(Cl)=C\C. The van der Waals surface area contributed by atoms with Gasteiger partial charge in [0.25, 0.3) is 0 Å². The predicted molar refractivity (Wildman–Crippen MR) is 34.4 cm³/mol. The van der Waals surface area contributed by atoms with Crippen LogP contribution < -0.4 is 0 Å². The highest BCUT2D eigenvalue weighted by Gasteiger charge is 1.79. The Bertz CT molecular complexity index is 82.2. The van der Waals surface area contributed by atoms with E-state index in [-0.39, 0.29) is 0 Å². The Kier molecular flexibility index (Phi) is 3.81. The van der Waals surface area contributed by atoms with Crippen molar-refractivity contribution in [3.8, 4) is 0 Å². The first kappa shape index (κ1) is 6.77. The van der Waals surface area contributed by atoms with Crippen LogP contribution in [0.4, 0.5) is 0 Å². The number of allylic oxidation sites excluding steroid dienone is 3. The zero-order valence-corrected chi connectivity index (χ0v) is 5.20. The number of hydrogen-bond acceptors (Lipinski definition) is 0. The normalized spacial score (nSPS) is 11.4. The Morgan fingerprint density at radius 3 is 2.57 bits per heavy atom. The van der Waals surface area contributed by atoms with E-state index in [0.717, 1.165) is 11.5 Å². The molecule has 0 aliphatic rings. The van der Waals surface area contributed by atoms with Crippen LogP contribution in [0.25, 0.3) is 0 Å². The third-order valence-electron chi connectivity index (χ3n) is 0.653. The largest absolute Gasteiger partial charge is 0.103 e. The van der Waals surface area contributed by atoms with Gasteiger partial charge in [-0.25, -0.2) is 0 Å². The molecule has 40 valence electrons. The van der Waals surface area contributed by atoms with Gasteiger partial charge in [-0.2, -0.15) is 0 Å². The van der Waals surface area contributed by atoms with Gasteiger partial charge in [0.2, 0.25) is 0 Å². The zero-order valence-electron chi connectivity index (χ0n) is 4.45. The molecule has 0 heterocycles. The van der Waals surface area contributed by atoms with Gasteiger partial charge < -0.3 is 0 Å². The van der Waals surface area contributed by atoms with Crippen molar-refractivity contribution in [1.82, 2.24) is 0 Å². The van der Waals surface area contributed by atoms with E-state index in [4.69, 9.17) is 11.6 Å². The molecule has 0 nitrogen and oxygen atoms in total. The number of halogens is 1. The second kappa shape index (κ2) is 3.94. The van der Waals surface area contributed by atoms with Crippen molar-refractivity contribution in [3.05, 3.63) is 23.8 Å². The Morgan fingerprint density at radius 1 is 1.86 bits per heavy atom. The molecule has 0 saturated heterocycles. The lowest BCUT2D eigenvalue weighted by Gasteiger charge is -1.84. The molecule has 0 bridgehead atoms. The van der Waals surface area contributed by atoms with Gasteiger partial charge in [0, 0.05) is 11.5 Å². The van der Waals surface area contributed by atoms with Gasteiger partial charge in [-0.05, 0) is 6.92 Å². The molecule has 0 unspecified atom stereocenters. The van der Waals surface area contributed by atoms with Crippen molar-refractivity contribution >= 4 is 11.6 Å². The maximum atomic E-state index is 5.56. The second-order valence-corrected chi connectivity index (χ2v) is 1.71. The third kappa shape index (κ3) is 3.60. The molecule has 0 amide bonds. The van der Waals surface area contributed by atoms with Gasteiger partial charge in [0.1, 0.15) is 0 Å². The summed E-state index contributed by atoms with van der Waals surface area (Å²) < 4.78 is 0. The lowest BCUT2D eigenvalue weighted by atomic mass is 10.4. The topological polar surface area (TPSA) is 0 Å². The number of hydrogen-bond donors (Lipinski definition) is 0. The monoisotopic (exact) mass is 116 g/mol. The Balaban J connectivity index is 3.36. The van der Waals surface area contributed by atoms with Crippen molar-refractivity contribution in [2.45, 2.75) is 13.3 Å². The van der Waals surface area contributed by atoms with Gasteiger partial charge in [-0.3, -0.25) is 0 Å². The summed E-state index contributed by atoms with van der Waals surface area (Å²) in [5.74, 6) is 0. The summed E-state index contributed by atoms with van der Waals surface area (Å²) >= 11 is 5.56. The van der Waals surface area contributed by atoms with E-state index in [0.29, 0.717) is 0 Å². The standard InChI is InChI=1S/C6H9Cl/c1-3-5-6(7)4-2/h3-4H,1,5H2,2H3/b6-4+. The van der Waals surface area contributed by atoms with Crippen LogP contribution in [-0.2, 0) is 0 Å². The lowest BCUT2D eigenvalue weighted by molar-refractivity contribution is 1.35. The molecule has 0 spiro atoms. The summed E-state index contributed by atoms with van der Waals surface area (Å²) in [6.07, 6.45) is 4.43. The second-order valence-electron chi connectivity index (χ2n) is 1.23. The highest BCUT2D eigenvalue weighted by atomic mass is 35.5. The Hall–Kier alpha value is -0.230. The first-order valence-electron chi connectivity index (χ1n) is 2.23. The van der Waals surface area contributed by atoms with Crippen LogP contribution in [0.3, 0.4) is 0 Å². The molecule has 0 aromatic rings. The Labute approximate surface area is 49.5 Å². The van der Waals surface area contributed by atoms with Gasteiger partial charge in [-0.1, -0.05) is 23.8 Å². The molecule has 0 rings (SSSR count). The molecule has 0 N–H and O–H groups in total. The van der Waals surface area contributed by atoms with Crippen LogP contribution in [0.1, 0.15) is 13.3 Å². The molecule has 0 aliphatic carbocycles. The van der Waals surface area contributed by atoms with Crippen LogP contribution in [0, 0.1) is 0 Å². The van der Waals surface area contributed by atoms with E-state index in [1.807, 2.05) is 13.0 Å². The molecule has 1 heteroatoms. The smallest absolute Gasteiger partial charge is 0.0175 e. The summed E-state index contributed by atoms with van der Waals surface area (Å²) in [6.45, 7) is 5.43. The van der Waals surface area contributed by atoms with E-state index in [1.165, 1.54) is 0 Å². The first-order valence-corrected chi connectivity index (χ1v) is 2.60. The van der Waals surface area contributed by atoms with Crippen molar-refractivity contribution in [2.24, 2.45) is 0 Å². The minimum Gasteiger partial charge on any atom is -0.103 e. The molecule has 0 fully saturated rings. The maximum absolute atomic E-state index is 5.56. The Morgan fingerprint density at radius 2 is 2.43 bits per heavy atom. The molecule has 0 radical (unpaired) electrons. The van der Waals surface area contributed by atoms with E-state index in [1.54, 1.807) is 6.08 Å². The third-order valence-corrected chi connectivity index (χ3v) is 1.03. The molecule has 0 aromatic carbocycles. The van der Waals surface area contributed by atoms with E-state index < -0.39 is 0 Å². The van der Waals surface area contributed by atoms with Gasteiger partial charge in [-0.15, -0.1) is 6.58 Å². The summed E-state index contributed by atoms with van der Waals surface area (Å²) in [6, 6.07) is 0. The van der Waals surface area contributed by atoms with Crippen LogP contribution in [-0.4, -0.2) is 0 Å². The average Bonchev–Trinajstić information content (AvgIpc) is 1.68. The molecular weight excluding hydrogens is 108 g/mol. The van der Waals surface area contributed by atoms with E-state index in [2.05, 4.69) is 6.58 Å². The minimum absolute atomic E-state index is 0.790. The zero-order chi connectivity index (χ0) is 5.70. The average molecular weight is 117 g/mol. The molecule has 0 aliphatic heterocycles. The van der Waals surface area contributed by atoms with Crippen molar-refractivity contribution in [1.29, 1.82) is 0 Å². The summed E-state index contributed by atoms with van der Waals surface area (Å²) in [4.78, 5) is 0. The number of rotatable bonds is 2. The van der Waals surface area contributed by atoms with Crippen LogP contribution in [0.5, 0.6) is 0 Å². The highest BCUT2D eigenvalue weighted by Crippen LogP contribution is 2.05. The summed E-state index contributed by atoms with van der Waals surface area (Å²) in [7, 11) is 0. The summed E-state index contributed by atoms with van der Waals surface area (Å²) in [5, 5.41) is 0.856. The van der Waals surface area contributed by atoms with Crippen molar-refractivity contribution < 1.29 is 0 Å².